The second-order valence-corrected chi connectivity index (χ2v) is 7.37. The summed E-state index contributed by atoms with van der Waals surface area (Å²) in [7, 11) is 0.915. The van der Waals surface area contributed by atoms with Crippen LogP contribution >= 0.6 is 8.60 Å². The number of nitrogens with zero attached hydrogens (tertiary/aromatic N) is 1. The Balaban J connectivity index is 1.97. The van der Waals surface area contributed by atoms with Gasteiger partial charge < -0.3 is 4.52 Å². The van der Waals surface area contributed by atoms with Crippen molar-refractivity contribution in [2.75, 3.05) is 13.6 Å². The van der Waals surface area contributed by atoms with Crippen LogP contribution in [-0.4, -0.2) is 36.7 Å². The fourth-order valence-electron chi connectivity index (χ4n) is 2.81. The maximum Gasteiger partial charge on any atom is 0.397 e. The van der Waals surface area contributed by atoms with Crippen LogP contribution in [0.5, 0.6) is 0 Å². The lowest BCUT2D eigenvalue weighted by atomic mass is 9.89. The normalized spacial score (nSPS) is 27.3. The zero-order valence-corrected chi connectivity index (χ0v) is 14.2. The number of rotatable bonds is 6. The first-order chi connectivity index (χ1) is 9.45. The van der Waals surface area contributed by atoms with Crippen LogP contribution in [0.2, 0.25) is 0 Å². The minimum Gasteiger partial charge on any atom is -0.432 e. The molecule has 0 spiro atoms. The molecule has 1 fully saturated rings. The highest BCUT2D eigenvalue weighted by molar-refractivity contribution is 7.41. The lowest BCUT2D eigenvalue weighted by Crippen LogP contribution is -2.30. The van der Waals surface area contributed by atoms with E-state index in [9.17, 15) is 0 Å². The van der Waals surface area contributed by atoms with Gasteiger partial charge >= 0.3 is 8.60 Å². The van der Waals surface area contributed by atoms with Crippen molar-refractivity contribution < 1.29 is 13.6 Å². The van der Waals surface area contributed by atoms with E-state index >= 15 is 0 Å². The molecule has 1 saturated heterocycles. The van der Waals surface area contributed by atoms with Crippen LogP contribution in [0.1, 0.15) is 47.0 Å². The lowest BCUT2D eigenvalue weighted by molar-refractivity contribution is 0.124. The van der Waals surface area contributed by atoms with Gasteiger partial charge in [-0.2, -0.15) is 0 Å². The van der Waals surface area contributed by atoms with Gasteiger partial charge in [-0.25, -0.2) is 0 Å². The molecule has 0 N–H and O–H groups in total. The Kier molecular flexibility index (Phi) is 5.85. The van der Waals surface area contributed by atoms with Crippen molar-refractivity contribution in [3.05, 3.63) is 11.8 Å². The van der Waals surface area contributed by atoms with E-state index in [1.807, 2.05) is 27.7 Å². The molecule has 20 heavy (non-hydrogen) atoms. The smallest absolute Gasteiger partial charge is 0.397 e. The average Bonchev–Trinajstić information content (AvgIpc) is 2.69. The Morgan fingerprint density at radius 2 is 1.80 bits per heavy atom. The molecule has 5 heteroatoms. The number of hydrogen-bond donors (Lipinski definition) is 0. The van der Waals surface area contributed by atoms with Crippen LogP contribution in [-0.2, 0) is 13.6 Å². The third-order valence-corrected chi connectivity index (χ3v) is 5.32. The van der Waals surface area contributed by atoms with Crippen molar-refractivity contribution >= 4 is 8.60 Å². The van der Waals surface area contributed by atoms with E-state index in [-0.39, 0.29) is 12.2 Å². The van der Waals surface area contributed by atoms with E-state index in [2.05, 4.69) is 18.0 Å². The van der Waals surface area contributed by atoms with Gasteiger partial charge in [0.25, 0.3) is 0 Å². The van der Waals surface area contributed by atoms with E-state index in [4.69, 9.17) is 13.6 Å². The summed E-state index contributed by atoms with van der Waals surface area (Å²) in [6, 6.07) is 0.536. The maximum atomic E-state index is 6.02. The van der Waals surface area contributed by atoms with Crippen molar-refractivity contribution in [2.45, 2.75) is 65.2 Å². The molecule has 0 saturated carbocycles. The molecule has 2 aliphatic rings. The van der Waals surface area contributed by atoms with Gasteiger partial charge in [-0.1, -0.05) is 0 Å². The maximum absolute atomic E-state index is 6.02. The van der Waals surface area contributed by atoms with Crippen LogP contribution < -0.4 is 0 Å². The average molecular weight is 301 g/mol. The third-order valence-electron chi connectivity index (χ3n) is 3.75. The first-order valence-corrected chi connectivity index (χ1v) is 8.78. The molecule has 0 aromatic heterocycles. The predicted octanol–water partition coefficient (Wildman–Crippen LogP) is 4.08. The molecule has 1 aliphatic heterocycles. The van der Waals surface area contributed by atoms with Gasteiger partial charge in [0, 0.05) is 12.5 Å². The zero-order valence-electron chi connectivity index (χ0n) is 13.3. The van der Waals surface area contributed by atoms with E-state index in [0.717, 1.165) is 18.1 Å². The molecular formula is C15H28NO3P. The Hall–Kier alpha value is -0.150. The summed E-state index contributed by atoms with van der Waals surface area (Å²) in [4.78, 5) is 2.42. The van der Waals surface area contributed by atoms with Crippen molar-refractivity contribution in [3.8, 4) is 0 Å². The van der Waals surface area contributed by atoms with Gasteiger partial charge in [0.2, 0.25) is 0 Å². The fraction of sp³-hybridized carbons (Fsp3) is 0.867. The molecule has 4 nitrogen and oxygen atoms in total. The van der Waals surface area contributed by atoms with Gasteiger partial charge in [-0.05, 0) is 66.1 Å². The molecule has 2 atom stereocenters. The summed E-state index contributed by atoms with van der Waals surface area (Å²) in [5.74, 6) is 1.85. The zero-order chi connectivity index (χ0) is 14.7. The molecule has 1 aliphatic carbocycles. The topological polar surface area (TPSA) is 30.9 Å². The van der Waals surface area contributed by atoms with Gasteiger partial charge in [0.1, 0.15) is 5.76 Å². The highest BCUT2D eigenvalue weighted by atomic mass is 31.2. The Bertz CT molecular complexity index is 336. The van der Waals surface area contributed by atoms with Crippen LogP contribution in [0.25, 0.3) is 0 Å². The highest BCUT2D eigenvalue weighted by Gasteiger charge is 2.34. The van der Waals surface area contributed by atoms with E-state index in [1.54, 1.807) is 0 Å². The molecule has 116 valence electrons. The lowest BCUT2D eigenvalue weighted by Gasteiger charge is -2.29. The molecule has 0 aromatic rings. The SMILES string of the molecule is CC(C)OP(OC1=CC2C(CC1)CCN2C)OC(C)C. The summed E-state index contributed by atoms with van der Waals surface area (Å²) < 4.78 is 17.6. The molecule has 2 unspecified atom stereocenters. The number of allylic oxidation sites excluding steroid dienone is 1. The number of fused-ring (bicyclic) bond motifs is 1. The standard InChI is InChI=1S/C15H28NO3P/c1-11(2)17-20(18-12(3)4)19-14-7-6-13-8-9-16(5)15(13)10-14/h10-13,15H,6-9H2,1-5H3. The summed E-state index contributed by atoms with van der Waals surface area (Å²) in [6.07, 6.45) is 6.05. The minimum absolute atomic E-state index is 0.117. The Labute approximate surface area is 124 Å². The van der Waals surface area contributed by atoms with E-state index < -0.39 is 8.60 Å². The van der Waals surface area contributed by atoms with E-state index in [1.165, 1.54) is 19.4 Å². The van der Waals surface area contributed by atoms with Gasteiger partial charge in [-0.3, -0.25) is 13.9 Å². The van der Waals surface area contributed by atoms with Crippen molar-refractivity contribution in [3.63, 3.8) is 0 Å². The van der Waals surface area contributed by atoms with Crippen molar-refractivity contribution in [2.24, 2.45) is 5.92 Å². The number of likely N-dealkylation sites (N-methyl/N-ethyl adjacent to an activating group) is 1. The Morgan fingerprint density at radius 3 is 2.40 bits per heavy atom. The molecule has 0 amide bonds. The van der Waals surface area contributed by atoms with Crippen LogP contribution in [0, 0.1) is 5.92 Å². The molecule has 0 aromatic carbocycles. The molecular weight excluding hydrogens is 273 g/mol. The monoisotopic (exact) mass is 301 g/mol. The van der Waals surface area contributed by atoms with Gasteiger partial charge in [0.15, 0.2) is 0 Å². The van der Waals surface area contributed by atoms with E-state index in [0.29, 0.717) is 6.04 Å². The quantitative estimate of drug-likeness (QED) is 0.692. The van der Waals surface area contributed by atoms with Crippen LogP contribution in [0.3, 0.4) is 0 Å². The highest BCUT2D eigenvalue weighted by Crippen LogP contribution is 2.47. The van der Waals surface area contributed by atoms with Gasteiger partial charge in [-0.15, -0.1) is 0 Å². The van der Waals surface area contributed by atoms with Crippen LogP contribution in [0.4, 0.5) is 0 Å². The minimum atomic E-state index is -1.28. The number of likely N-dealkylation sites (tertiary alicyclic amines) is 1. The largest absolute Gasteiger partial charge is 0.432 e. The molecule has 1 heterocycles. The Morgan fingerprint density at radius 1 is 1.15 bits per heavy atom. The van der Waals surface area contributed by atoms with Crippen molar-refractivity contribution in [1.29, 1.82) is 0 Å². The fourth-order valence-corrected chi connectivity index (χ4v) is 3.98. The predicted molar refractivity (Wildman–Crippen MR) is 82.3 cm³/mol. The van der Waals surface area contributed by atoms with Gasteiger partial charge in [0.05, 0.1) is 12.2 Å². The second-order valence-electron chi connectivity index (χ2n) is 6.31. The third kappa shape index (κ3) is 4.42. The summed E-state index contributed by atoms with van der Waals surface area (Å²) >= 11 is 0. The van der Waals surface area contributed by atoms with Crippen LogP contribution in [0.15, 0.2) is 11.8 Å². The summed E-state index contributed by atoms with van der Waals surface area (Å²) in [6.45, 7) is 9.24. The number of hydrogen-bond acceptors (Lipinski definition) is 4. The van der Waals surface area contributed by atoms with Crippen molar-refractivity contribution in [1.82, 2.24) is 4.90 Å². The molecule has 0 radical (unpaired) electrons. The summed E-state index contributed by atoms with van der Waals surface area (Å²) in [5.41, 5.74) is 0. The molecule has 0 bridgehead atoms. The second kappa shape index (κ2) is 7.22. The first kappa shape index (κ1) is 16.2. The first-order valence-electron chi connectivity index (χ1n) is 7.68. The summed E-state index contributed by atoms with van der Waals surface area (Å²) in [5, 5.41) is 0. The molecule has 2 rings (SSSR count).